The summed E-state index contributed by atoms with van der Waals surface area (Å²) >= 11 is 0. The van der Waals surface area contributed by atoms with Crippen LogP contribution in [0.2, 0.25) is 0 Å². The first-order valence-electron chi connectivity index (χ1n) is 6.43. The molecule has 1 aliphatic rings. The number of rotatable bonds is 5. The van der Waals surface area contributed by atoms with E-state index in [-0.39, 0.29) is 0 Å². The lowest BCUT2D eigenvalue weighted by atomic mass is 10.1. The average Bonchev–Trinajstić information content (AvgIpc) is 2.78. The van der Waals surface area contributed by atoms with Gasteiger partial charge in [0.1, 0.15) is 5.82 Å². The van der Waals surface area contributed by atoms with Crippen molar-refractivity contribution in [2.75, 3.05) is 13.2 Å². The summed E-state index contributed by atoms with van der Waals surface area (Å²) < 4.78 is 5.62. The van der Waals surface area contributed by atoms with Gasteiger partial charge in [-0.05, 0) is 32.4 Å². The highest BCUT2D eigenvalue weighted by Gasteiger charge is 2.17. The summed E-state index contributed by atoms with van der Waals surface area (Å²) in [5.41, 5.74) is 2.12. The standard InChI is InChI=1S/C13H21N3O/c1-3-14-9-11-7-10(2)15-13(16-11)8-12-5-4-6-17-12/h7,12,14H,3-6,8-9H2,1-2H3. The van der Waals surface area contributed by atoms with Crippen LogP contribution in [0.15, 0.2) is 6.07 Å². The monoisotopic (exact) mass is 235 g/mol. The van der Waals surface area contributed by atoms with Crippen LogP contribution in [0.5, 0.6) is 0 Å². The van der Waals surface area contributed by atoms with Gasteiger partial charge >= 0.3 is 0 Å². The summed E-state index contributed by atoms with van der Waals surface area (Å²) in [5.74, 6) is 0.921. The summed E-state index contributed by atoms with van der Waals surface area (Å²) in [6.07, 6.45) is 3.48. The third-order valence-corrected chi connectivity index (χ3v) is 2.94. The SMILES string of the molecule is CCNCc1cc(C)nc(CC2CCCO2)n1. The van der Waals surface area contributed by atoms with Crippen molar-refractivity contribution < 1.29 is 4.74 Å². The van der Waals surface area contributed by atoms with Crippen molar-refractivity contribution in [3.8, 4) is 0 Å². The molecular formula is C13H21N3O. The summed E-state index contributed by atoms with van der Waals surface area (Å²) in [6, 6.07) is 2.04. The molecule has 1 fully saturated rings. The molecule has 1 N–H and O–H groups in total. The zero-order valence-electron chi connectivity index (χ0n) is 10.7. The lowest BCUT2D eigenvalue weighted by molar-refractivity contribution is 0.110. The molecule has 1 atom stereocenters. The molecule has 1 aliphatic heterocycles. The number of nitrogens with one attached hydrogen (secondary N) is 1. The van der Waals surface area contributed by atoms with E-state index >= 15 is 0 Å². The van der Waals surface area contributed by atoms with Crippen LogP contribution < -0.4 is 5.32 Å². The molecule has 1 saturated heterocycles. The molecule has 0 amide bonds. The maximum atomic E-state index is 5.62. The van der Waals surface area contributed by atoms with E-state index in [9.17, 15) is 0 Å². The first kappa shape index (κ1) is 12.5. The van der Waals surface area contributed by atoms with Gasteiger partial charge in [-0.3, -0.25) is 0 Å². The normalized spacial score (nSPS) is 19.8. The van der Waals surface area contributed by atoms with Crippen molar-refractivity contribution in [3.63, 3.8) is 0 Å². The van der Waals surface area contributed by atoms with Gasteiger partial charge in [0.05, 0.1) is 11.8 Å². The van der Waals surface area contributed by atoms with Crippen molar-refractivity contribution in [2.24, 2.45) is 0 Å². The van der Waals surface area contributed by atoms with E-state index in [2.05, 4.69) is 22.2 Å². The first-order chi connectivity index (χ1) is 8.28. The third kappa shape index (κ3) is 3.75. The Morgan fingerprint density at radius 3 is 3.06 bits per heavy atom. The molecule has 0 aromatic carbocycles. The Hall–Kier alpha value is -1.00. The van der Waals surface area contributed by atoms with Crippen LogP contribution in [-0.4, -0.2) is 29.2 Å². The Balaban J connectivity index is 2.02. The van der Waals surface area contributed by atoms with Crippen molar-refractivity contribution in [1.82, 2.24) is 15.3 Å². The largest absolute Gasteiger partial charge is 0.378 e. The van der Waals surface area contributed by atoms with Crippen molar-refractivity contribution in [2.45, 2.75) is 45.8 Å². The Bertz CT molecular complexity index is 362. The van der Waals surface area contributed by atoms with Crippen LogP contribution in [0.3, 0.4) is 0 Å². The fourth-order valence-corrected chi connectivity index (χ4v) is 2.14. The molecule has 4 nitrogen and oxygen atoms in total. The molecule has 4 heteroatoms. The maximum absolute atomic E-state index is 5.62. The highest BCUT2D eigenvalue weighted by atomic mass is 16.5. The van der Waals surface area contributed by atoms with Gasteiger partial charge in [-0.25, -0.2) is 9.97 Å². The van der Waals surface area contributed by atoms with Gasteiger partial charge in [-0.15, -0.1) is 0 Å². The van der Waals surface area contributed by atoms with Crippen LogP contribution in [0.4, 0.5) is 0 Å². The number of ether oxygens (including phenoxy) is 1. The molecular weight excluding hydrogens is 214 g/mol. The second-order valence-corrected chi connectivity index (χ2v) is 4.54. The Morgan fingerprint density at radius 2 is 2.35 bits per heavy atom. The molecule has 1 aromatic rings. The lowest BCUT2D eigenvalue weighted by Crippen LogP contribution is -2.17. The van der Waals surface area contributed by atoms with E-state index in [4.69, 9.17) is 4.74 Å². The molecule has 2 rings (SSSR count). The predicted octanol–water partition coefficient (Wildman–Crippen LogP) is 1.62. The fourth-order valence-electron chi connectivity index (χ4n) is 2.14. The van der Waals surface area contributed by atoms with Crippen LogP contribution in [0, 0.1) is 6.92 Å². The van der Waals surface area contributed by atoms with Crippen molar-refractivity contribution in [1.29, 1.82) is 0 Å². The summed E-state index contributed by atoms with van der Waals surface area (Å²) in [7, 11) is 0. The molecule has 94 valence electrons. The van der Waals surface area contributed by atoms with Gasteiger partial charge in [-0.1, -0.05) is 6.92 Å². The highest BCUT2D eigenvalue weighted by Crippen LogP contribution is 2.15. The van der Waals surface area contributed by atoms with Gasteiger partial charge in [0.2, 0.25) is 0 Å². The second-order valence-electron chi connectivity index (χ2n) is 4.54. The number of hydrogen-bond donors (Lipinski definition) is 1. The summed E-state index contributed by atoms with van der Waals surface area (Å²) in [6.45, 7) is 6.79. The third-order valence-electron chi connectivity index (χ3n) is 2.94. The van der Waals surface area contributed by atoms with Gasteiger partial charge in [-0.2, -0.15) is 0 Å². The van der Waals surface area contributed by atoms with E-state index in [0.29, 0.717) is 6.10 Å². The number of nitrogens with zero attached hydrogens (tertiary/aromatic N) is 2. The van der Waals surface area contributed by atoms with Crippen LogP contribution in [0.1, 0.15) is 37.0 Å². The molecule has 0 spiro atoms. The molecule has 1 aromatic heterocycles. The quantitative estimate of drug-likeness (QED) is 0.842. The van der Waals surface area contributed by atoms with E-state index < -0.39 is 0 Å². The molecule has 2 heterocycles. The van der Waals surface area contributed by atoms with Crippen LogP contribution in [-0.2, 0) is 17.7 Å². The fraction of sp³-hybridized carbons (Fsp3) is 0.692. The molecule has 0 aliphatic carbocycles. The Labute approximate surface area is 103 Å². The smallest absolute Gasteiger partial charge is 0.131 e. The zero-order valence-corrected chi connectivity index (χ0v) is 10.7. The van der Waals surface area contributed by atoms with Crippen LogP contribution in [0.25, 0.3) is 0 Å². The topological polar surface area (TPSA) is 47.0 Å². The van der Waals surface area contributed by atoms with E-state index in [0.717, 1.165) is 49.8 Å². The molecule has 0 bridgehead atoms. The minimum atomic E-state index is 0.323. The number of aromatic nitrogens is 2. The van der Waals surface area contributed by atoms with Gasteiger partial charge < -0.3 is 10.1 Å². The lowest BCUT2D eigenvalue weighted by Gasteiger charge is -2.10. The van der Waals surface area contributed by atoms with Gasteiger partial charge in [0.15, 0.2) is 0 Å². The Kier molecular flexibility index (Phi) is 4.45. The van der Waals surface area contributed by atoms with E-state index in [1.165, 1.54) is 6.42 Å². The van der Waals surface area contributed by atoms with Crippen molar-refractivity contribution >= 4 is 0 Å². The highest BCUT2D eigenvalue weighted by molar-refractivity contribution is 5.10. The zero-order chi connectivity index (χ0) is 12.1. The number of hydrogen-bond acceptors (Lipinski definition) is 4. The molecule has 1 unspecified atom stereocenters. The molecule has 0 radical (unpaired) electrons. The van der Waals surface area contributed by atoms with Crippen LogP contribution >= 0.6 is 0 Å². The second kappa shape index (κ2) is 6.07. The minimum Gasteiger partial charge on any atom is -0.378 e. The van der Waals surface area contributed by atoms with Crippen molar-refractivity contribution in [3.05, 3.63) is 23.3 Å². The predicted molar refractivity (Wildman–Crippen MR) is 66.8 cm³/mol. The van der Waals surface area contributed by atoms with E-state index in [1.54, 1.807) is 0 Å². The average molecular weight is 235 g/mol. The van der Waals surface area contributed by atoms with Gasteiger partial charge in [0.25, 0.3) is 0 Å². The summed E-state index contributed by atoms with van der Waals surface area (Å²) in [5, 5.41) is 3.29. The summed E-state index contributed by atoms with van der Waals surface area (Å²) in [4.78, 5) is 9.07. The minimum absolute atomic E-state index is 0.323. The van der Waals surface area contributed by atoms with E-state index in [1.807, 2.05) is 13.0 Å². The molecule has 17 heavy (non-hydrogen) atoms. The van der Waals surface area contributed by atoms with Gasteiger partial charge in [0, 0.05) is 25.3 Å². The maximum Gasteiger partial charge on any atom is 0.131 e. The molecule has 0 saturated carbocycles. The number of aryl methyl sites for hydroxylation is 1. The first-order valence-corrected chi connectivity index (χ1v) is 6.43. The Morgan fingerprint density at radius 1 is 1.47 bits per heavy atom.